The van der Waals surface area contributed by atoms with Crippen LogP contribution >= 0.6 is 0 Å². The molecule has 2 aliphatic rings. The van der Waals surface area contributed by atoms with Gasteiger partial charge in [-0.15, -0.1) is 0 Å². The minimum absolute atomic E-state index is 0.113. The van der Waals surface area contributed by atoms with Crippen molar-refractivity contribution in [2.45, 2.75) is 38.1 Å². The number of pyridine rings is 1. The Hall–Kier alpha value is -1.62. The van der Waals surface area contributed by atoms with Crippen molar-refractivity contribution < 1.29 is 9.53 Å². The normalized spacial score (nSPS) is 22.9. The van der Waals surface area contributed by atoms with Crippen LogP contribution in [0.1, 0.15) is 42.6 Å². The number of hydrogen-bond donors (Lipinski definition) is 1. The van der Waals surface area contributed by atoms with E-state index in [0.717, 1.165) is 19.1 Å². The Kier molecular flexibility index (Phi) is 4.93. The summed E-state index contributed by atoms with van der Waals surface area (Å²) >= 11 is 0. The van der Waals surface area contributed by atoms with Crippen molar-refractivity contribution in [3.8, 4) is 5.75 Å². The topological polar surface area (TPSA) is 54.5 Å². The van der Waals surface area contributed by atoms with Gasteiger partial charge in [0.25, 0.3) is 5.91 Å². The van der Waals surface area contributed by atoms with Crippen LogP contribution in [0.4, 0.5) is 0 Å². The Bertz CT molecular complexity index is 514. The summed E-state index contributed by atoms with van der Waals surface area (Å²) < 4.78 is 5.13. The minimum Gasteiger partial charge on any atom is -0.497 e. The molecule has 0 unspecified atom stereocenters. The molecule has 1 aliphatic heterocycles. The zero-order valence-electron chi connectivity index (χ0n) is 13.3. The van der Waals surface area contributed by atoms with Gasteiger partial charge in [0.15, 0.2) is 0 Å². The number of carbonyl (C=O) groups is 1. The van der Waals surface area contributed by atoms with E-state index in [-0.39, 0.29) is 5.91 Å². The number of likely N-dealkylation sites (tertiary alicyclic amines) is 1. The number of methoxy groups -OCH3 is 1. The first-order valence-corrected chi connectivity index (χ1v) is 8.28. The van der Waals surface area contributed by atoms with Crippen molar-refractivity contribution in [2.75, 3.05) is 26.7 Å². The summed E-state index contributed by atoms with van der Waals surface area (Å²) in [7, 11) is 1.59. The highest BCUT2D eigenvalue weighted by atomic mass is 16.5. The van der Waals surface area contributed by atoms with Crippen molar-refractivity contribution in [1.29, 1.82) is 0 Å². The summed E-state index contributed by atoms with van der Waals surface area (Å²) in [5.41, 5.74) is 0.421. The lowest BCUT2D eigenvalue weighted by Gasteiger charge is -2.23. The third-order valence-corrected chi connectivity index (χ3v) is 4.91. The molecule has 1 amide bonds. The Morgan fingerprint density at radius 3 is 3.00 bits per heavy atom. The molecule has 5 nitrogen and oxygen atoms in total. The van der Waals surface area contributed by atoms with Crippen LogP contribution < -0.4 is 10.1 Å². The van der Waals surface area contributed by atoms with E-state index in [0.29, 0.717) is 17.4 Å². The Morgan fingerprint density at radius 1 is 1.41 bits per heavy atom. The zero-order chi connectivity index (χ0) is 15.4. The van der Waals surface area contributed by atoms with Gasteiger partial charge >= 0.3 is 0 Å². The largest absolute Gasteiger partial charge is 0.497 e. The molecular formula is C17H25N3O2. The smallest absolute Gasteiger partial charge is 0.270 e. The molecule has 22 heavy (non-hydrogen) atoms. The van der Waals surface area contributed by atoms with Gasteiger partial charge in [-0.25, -0.2) is 0 Å². The number of hydrogen-bond acceptors (Lipinski definition) is 4. The summed E-state index contributed by atoms with van der Waals surface area (Å²) in [5, 5.41) is 3.02. The van der Waals surface area contributed by atoms with E-state index in [2.05, 4.69) is 15.2 Å². The van der Waals surface area contributed by atoms with Crippen molar-refractivity contribution in [3.05, 3.63) is 24.0 Å². The molecule has 1 aliphatic carbocycles. The predicted molar refractivity (Wildman–Crippen MR) is 85.1 cm³/mol. The Labute approximate surface area is 132 Å². The predicted octanol–water partition coefficient (Wildman–Crippen LogP) is 2.08. The third-order valence-electron chi connectivity index (χ3n) is 4.91. The average Bonchev–Trinajstić information content (AvgIpc) is 3.23. The van der Waals surface area contributed by atoms with Gasteiger partial charge < -0.3 is 15.0 Å². The van der Waals surface area contributed by atoms with Crippen LogP contribution in [0.5, 0.6) is 5.75 Å². The molecule has 1 N–H and O–H groups in total. The van der Waals surface area contributed by atoms with E-state index in [1.165, 1.54) is 38.6 Å². The highest BCUT2D eigenvalue weighted by Gasteiger charge is 2.29. The summed E-state index contributed by atoms with van der Waals surface area (Å²) in [5.74, 6) is 1.11. The summed E-state index contributed by atoms with van der Waals surface area (Å²) in [6.07, 6.45) is 8.25. The first-order chi connectivity index (χ1) is 10.8. The van der Waals surface area contributed by atoms with Gasteiger partial charge in [0, 0.05) is 31.4 Å². The third kappa shape index (κ3) is 3.58. The molecule has 0 spiro atoms. The fourth-order valence-electron chi connectivity index (χ4n) is 3.62. The number of carbonyl (C=O) groups excluding carboxylic acids is 1. The van der Waals surface area contributed by atoms with E-state index in [4.69, 9.17) is 4.74 Å². The molecule has 2 fully saturated rings. The van der Waals surface area contributed by atoms with Gasteiger partial charge in [0.05, 0.1) is 7.11 Å². The lowest BCUT2D eigenvalue weighted by atomic mass is 10.1. The Balaban J connectivity index is 1.47. The molecule has 1 aromatic heterocycles. The van der Waals surface area contributed by atoms with Crippen molar-refractivity contribution in [2.24, 2.45) is 5.92 Å². The molecule has 1 saturated heterocycles. The Morgan fingerprint density at radius 2 is 2.23 bits per heavy atom. The fourth-order valence-corrected chi connectivity index (χ4v) is 3.62. The molecule has 0 bridgehead atoms. The maximum atomic E-state index is 12.2. The van der Waals surface area contributed by atoms with Crippen LogP contribution in [0.15, 0.2) is 18.3 Å². The van der Waals surface area contributed by atoms with E-state index in [1.54, 1.807) is 25.4 Å². The zero-order valence-corrected chi connectivity index (χ0v) is 13.3. The first-order valence-electron chi connectivity index (χ1n) is 8.28. The van der Waals surface area contributed by atoms with E-state index >= 15 is 0 Å². The number of rotatable bonds is 5. The SMILES string of the molecule is COc1ccnc(C(=O)NC[C@@H]2CCN(C3CCCC3)C2)c1. The number of amides is 1. The van der Waals surface area contributed by atoms with Crippen LogP contribution in [-0.4, -0.2) is 48.6 Å². The highest BCUT2D eigenvalue weighted by Crippen LogP contribution is 2.28. The van der Waals surface area contributed by atoms with Gasteiger partial charge in [-0.05, 0) is 37.8 Å². The maximum absolute atomic E-state index is 12.2. The van der Waals surface area contributed by atoms with E-state index < -0.39 is 0 Å². The maximum Gasteiger partial charge on any atom is 0.270 e. The molecule has 3 rings (SSSR count). The molecule has 1 saturated carbocycles. The molecular weight excluding hydrogens is 278 g/mol. The number of nitrogens with one attached hydrogen (secondary N) is 1. The average molecular weight is 303 g/mol. The highest BCUT2D eigenvalue weighted by molar-refractivity contribution is 5.92. The molecule has 1 aromatic rings. The first kappa shape index (κ1) is 15.3. The van der Waals surface area contributed by atoms with Crippen LogP contribution in [0.3, 0.4) is 0 Å². The second kappa shape index (κ2) is 7.09. The molecule has 0 aromatic carbocycles. The van der Waals surface area contributed by atoms with Crippen molar-refractivity contribution >= 4 is 5.91 Å². The number of aromatic nitrogens is 1. The van der Waals surface area contributed by atoms with Crippen molar-refractivity contribution in [1.82, 2.24) is 15.2 Å². The van der Waals surface area contributed by atoms with Gasteiger partial charge in [-0.2, -0.15) is 0 Å². The lowest BCUT2D eigenvalue weighted by molar-refractivity contribution is 0.0941. The fraction of sp³-hybridized carbons (Fsp3) is 0.647. The lowest BCUT2D eigenvalue weighted by Crippen LogP contribution is -2.34. The van der Waals surface area contributed by atoms with Gasteiger partial charge in [0.1, 0.15) is 11.4 Å². The monoisotopic (exact) mass is 303 g/mol. The molecule has 5 heteroatoms. The standard InChI is InChI=1S/C17H25N3O2/c1-22-15-6-8-18-16(10-15)17(21)19-11-13-7-9-20(12-13)14-4-2-3-5-14/h6,8,10,13-14H,2-5,7,9,11-12H2,1H3,(H,19,21)/t13-/m0/s1. The van der Waals surface area contributed by atoms with Crippen molar-refractivity contribution in [3.63, 3.8) is 0 Å². The molecule has 1 atom stereocenters. The molecule has 120 valence electrons. The van der Waals surface area contributed by atoms with Crippen LogP contribution in [0.2, 0.25) is 0 Å². The number of nitrogens with zero attached hydrogens (tertiary/aromatic N) is 2. The van der Waals surface area contributed by atoms with Crippen LogP contribution in [0.25, 0.3) is 0 Å². The summed E-state index contributed by atoms with van der Waals surface area (Å²) in [6.45, 7) is 3.04. The molecule has 2 heterocycles. The minimum atomic E-state index is -0.113. The second-order valence-electron chi connectivity index (χ2n) is 6.38. The molecule has 0 radical (unpaired) electrons. The van der Waals surface area contributed by atoms with Crippen LogP contribution in [0, 0.1) is 5.92 Å². The second-order valence-corrected chi connectivity index (χ2v) is 6.38. The van der Waals surface area contributed by atoms with Gasteiger partial charge in [-0.1, -0.05) is 12.8 Å². The summed E-state index contributed by atoms with van der Waals surface area (Å²) in [4.78, 5) is 18.9. The van der Waals surface area contributed by atoms with Gasteiger partial charge in [0.2, 0.25) is 0 Å². The van der Waals surface area contributed by atoms with Crippen LogP contribution in [-0.2, 0) is 0 Å². The van der Waals surface area contributed by atoms with E-state index in [9.17, 15) is 4.79 Å². The number of ether oxygens (including phenoxy) is 1. The quantitative estimate of drug-likeness (QED) is 0.905. The van der Waals surface area contributed by atoms with Gasteiger partial charge in [-0.3, -0.25) is 9.78 Å². The van der Waals surface area contributed by atoms with E-state index in [1.807, 2.05) is 0 Å². The summed E-state index contributed by atoms with van der Waals surface area (Å²) in [6, 6.07) is 4.21.